The molecular formula is C19H25N3O2. The predicted molar refractivity (Wildman–Crippen MR) is 92.9 cm³/mol. The van der Waals surface area contributed by atoms with E-state index in [1.807, 2.05) is 19.9 Å². The molecule has 2 N–H and O–H groups in total. The van der Waals surface area contributed by atoms with E-state index in [0.717, 1.165) is 36.3 Å². The van der Waals surface area contributed by atoms with Gasteiger partial charge in [-0.1, -0.05) is 36.3 Å². The van der Waals surface area contributed by atoms with Crippen LogP contribution in [0.25, 0.3) is 0 Å². The fourth-order valence-electron chi connectivity index (χ4n) is 3.53. The Balaban J connectivity index is 1.47. The fraction of sp³-hybridized carbons (Fsp3) is 0.474. The number of carbonyl (C=O) groups excluding carboxylic acids is 1. The first-order valence-corrected chi connectivity index (χ1v) is 8.60. The van der Waals surface area contributed by atoms with Crippen LogP contribution in [0.2, 0.25) is 0 Å². The maximum Gasteiger partial charge on any atom is 0.315 e. The van der Waals surface area contributed by atoms with Crippen LogP contribution in [0, 0.1) is 19.8 Å². The molecule has 5 nitrogen and oxygen atoms in total. The van der Waals surface area contributed by atoms with Gasteiger partial charge in [0, 0.05) is 12.1 Å². The van der Waals surface area contributed by atoms with Gasteiger partial charge in [0.1, 0.15) is 5.76 Å². The highest BCUT2D eigenvalue weighted by Crippen LogP contribution is 2.35. The van der Waals surface area contributed by atoms with Gasteiger partial charge in [0.05, 0.1) is 11.7 Å². The van der Waals surface area contributed by atoms with E-state index in [9.17, 15) is 4.79 Å². The lowest BCUT2D eigenvalue weighted by molar-refractivity contribution is 0.233. The van der Waals surface area contributed by atoms with Crippen molar-refractivity contribution in [1.82, 2.24) is 15.8 Å². The summed E-state index contributed by atoms with van der Waals surface area (Å²) in [6.07, 6.45) is 2.75. The second kappa shape index (κ2) is 7.07. The van der Waals surface area contributed by atoms with E-state index in [2.05, 4.69) is 40.9 Å². The summed E-state index contributed by atoms with van der Waals surface area (Å²) in [6, 6.07) is 8.36. The molecule has 1 aromatic heterocycles. The number of carbonyl (C=O) groups is 1. The molecule has 1 aliphatic carbocycles. The Morgan fingerprint density at radius 1 is 1.33 bits per heavy atom. The molecule has 0 unspecified atom stereocenters. The normalized spacial score (nSPS) is 19.1. The summed E-state index contributed by atoms with van der Waals surface area (Å²) in [5.74, 6) is 1.30. The lowest BCUT2D eigenvalue weighted by atomic mass is 10.0. The van der Waals surface area contributed by atoms with Gasteiger partial charge in [-0.15, -0.1) is 0 Å². The molecule has 2 aromatic rings. The van der Waals surface area contributed by atoms with Crippen molar-refractivity contribution in [3.05, 3.63) is 52.4 Å². The number of amides is 2. The van der Waals surface area contributed by atoms with Gasteiger partial charge in [0.25, 0.3) is 0 Å². The second-order valence-corrected chi connectivity index (χ2v) is 6.66. The van der Waals surface area contributed by atoms with Crippen LogP contribution in [0.1, 0.15) is 47.5 Å². The number of aryl methyl sites for hydroxylation is 2. The van der Waals surface area contributed by atoms with E-state index in [-0.39, 0.29) is 12.1 Å². The summed E-state index contributed by atoms with van der Waals surface area (Å²) in [7, 11) is 0. The first-order chi connectivity index (χ1) is 11.6. The summed E-state index contributed by atoms with van der Waals surface area (Å²) in [6.45, 7) is 6.69. The molecule has 0 radical (unpaired) electrons. The number of nitrogens with zero attached hydrogens (tertiary/aromatic N) is 1. The molecule has 1 aromatic carbocycles. The quantitative estimate of drug-likeness (QED) is 0.827. The van der Waals surface area contributed by atoms with E-state index >= 15 is 0 Å². The Labute approximate surface area is 142 Å². The Bertz CT molecular complexity index is 704. The highest BCUT2D eigenvalue weighted by atomic mass is 16.5. The molecule has 2 atom stereocenters. The summed E-state index contributed by atoms with van der Waals surface area (Å²) in [4.78, 5) is 12.2. The lowest BCUT2D eigenvalue weighted by Gasteiger charge is -2.19. The number of aromatic nitrogens is 1. The van der Waals surface area contributed by atoms with Crippen LogP contribution in [0.15, 0.2) is 28.8 Å². The predicted octanol–water partition coefficient (Wildman–Crippen LogP) is 3.46. The van der Waals surface area contributed by atoms with Crippen LogP contribution in [-0.4, -0.2) is 17.7 Å². The van der Waals surface area contributed by atoms with Gasteiger partial charge in [0.15, 0.2) is 0 Å². The zero-order valence-corrected chi connectivity index (χ0v) is 14.6. The Hall–Kier alpha value is -2.30. The van der Waals surface area contributed by atoms with Gasteiger partial charge in [-0.25, -0.2) is 4.79 Å². The minimum absolute atomic E-state index is 0.0951. The smallest absolute Gasteiger partial charge is 0.315 e. The molecule has 1 heterocycles. The first kappa shape index (κ1) is 16.6. The Morgan fingerprint density at radius 2 is 2.12 bits per heavy atom. The van der Waals surface area contributed by atoms with Crippen LogP contribution in [0.3, 0.4) is 0 Å². The number of benzene rings is 1. The van der Waals surface area contributed by atoms with E-state index < -0.39 is 0 Å². The highest BCUT2D eigenvalue weighted by Gasteiger charge is 2.29. The lowest BCUT2D eigenvalue weighted by Crippen LogP contribution is -2.39. The molecule has 3 rings (SSSR count). The molecule has 128 valence electrons. The number of hydrogen-bond acceptors (Lipinski definition) is 3. The fourth-order valence-corrected chi connectivity index (χ4v) is 3.53. The van der Waals surface area contributed by atoms with E-state index in [0.29, 0.717) is 12.5 Å². The van der Waals surface area contributed by atoms with Crippen molar-refractivity contribution in [1.29, 1.82) is 0 Å². The zero-order chi connectivity index (χ0) is 17.1. The van der Waals surface area contributed by atoms with Crippen LogP contribution >= 0.6 is 0 Å². The topological polar surface area (TPSA) is 67.2 Å². The average molecular weight is 327 g/mol. The van der Waals surface area contributed by atoms with Crippen molar-refractivity contribution in [2.75, 3.05) is 6.54 Å². The molecule has 0 bridgehead atoms. The monoisotopic (exact) mass is 327 g/mol. The van der Waals surface area contributed by atoms with Crippen LogP contribution in [0.4, 0.5) is 4.79 Å². The van der Waals surface area contributed by atoms with Gasteiger partial charge >= 0.3 is 6.03 Å². The third-order valence-electron chi connectivity index (χ3n) is 4.86. The average Bonchev–Trinajstić information content (AvgIpc) is 3.05. The number of nitrogens with one attached hydrogen (secondary N) is 2. The molecule has 2 amide bonds. The number of urea groups is 1. The SMILES string of the molecule is Cc1noc(C)c1CCCNC(=O)N[C@@H]1c2ccccc2C[C@@H]1C. The molecule has 1 aliphatic rings. The maximum atomic E-state index is 12.2. The third-order valence-corrected chi connectivity index (χ3v) is 4.86. The molecule has 0 spiro atoms. The Kier molecular flexibility index (Phi) is 4.88. The molecule has 0 fully saturated rings. The summed E-state index contributed by atoms with van der Waals surface area (Å²) in [5.41, 5.74) is 4.67. The van der Waals surface area contributed by atoms with E-state index in [4.69, 9.17) is 4.52 Å². The van der Waals surface area contributed by atoms with Crippen molar-refractivity contribution < 1.29 is 9.32 Å². The number of fused-ring (bicyclic) bond motifs is 1. The number of rotatable bonds is 5. The van der Waals surface area contributed by atoms with Gasteiger partial charge < -0.3 is 15.2 Å². The van der Waals surface area contributed by atoms with Crippen molar-refractivity contribution in [2.45, 2.75) is 46.1 Å². The van der Waals surface area contributed by atoms with Gasteiger partial charge in [-0.3, -0.25) is 0 Å². The van der Waals surface area contributed by atoms with Crippen LogP contribution in [-0.2, 0) is 12.8 Å². The molecule has 24 heavy (non-hydrogen) atoms. The largest absolute Gasteiger partial charge is 0.361 e. The molecule has 0 aliphatic heterocycles. The second-order valence-electron chi connectivity index (χ2n) is 6.66. The van der Waals surface area contributed by atoms with E-state index in [1.165, 1.54) is 11.1 Å². The minimum atomic E-state index is -0.0951. The van der Waals surface area contributed by atoms with Gasteiger partial charge in [-0.05, 0) is 50.2 Å². The first-order valence-electron chi connectivity index (χ1n) is 8.60. The molecular weight excluding hydrogens is 302 g/mol. The number of hydrogen-bond donors (Lipinski definition) is 2. The molecule has 0 saturated carbocycles. The summed E-state index contributed by atoms with van der Waals surface area (Å²) < 4.78 is 5.16. The van der Waals surface area contributed by atoms with Crippen molar-refractivity contribution in [3.8, 4) is 0 Å². The third kappa shape index (κ3) is 3.45. The highest BCUT2D eigenvalue weighted by molar-refractivity contribution is 5.74. The summed E-state index contributed by atoms with van der Waals surface area (Å²) >= 11 is 0. The van der Waals surface area contributed by atoms with Gasteiger partial charge in [0.2, 0.25) is 0 Å². The zero-order valence-electron chi connectivity index (χ0n) is 14.6. The molecule has 5 heteroatoms. The van der Waals surface area contributed by atoms with Crippen molar-refractivity contribution >= 4 is 6.03 Å². The standard InChI is InChI=1S/C19H25N3O2/c1-12-11-15-7-4-5-8-17(15)18(12)21-19(23)20-10-6-9-16-13(2)22-24-14(16)3/h4-5,7-8,12,18H,6,9-11H2,1-3H3,(H2,20,21,23)/t12-,18-/m0/s1. The summed E-state index contributed by atoms with van der Waals surface area (Å²) in [5, 5.41) is 10.0. The van der Waals surface area contributed by atoms with Crippen LogP contribution < -0.4 is 10.6 Å². The molecule has 0 saturated heterocycles. The van der Waals surface area contributed by atoms with Gasteiger partial charge in [-0.2, -0.15) is 0 Å². The van der Waals surface area contributed by atoms with E-state index in [1.54, 1.807) is 0 Å². The van der Waals surface area contributed by atoms with Crippen molar-refractivity contribution in [3.63, 3.8) is 0 Å². The van der Waals surface area contributed by atoms with Crippen LogP contribution in [0.5, 0.6) is 0 Å². The van der Waals surface area contributed by atoms with Crippen molar-refractivity contribution in [2.24, 2.45) is 5.92 Å². The minimum Gasteiger partial charge on any atom is -0.361 e. The Morgan fingerprint density at radius 3 is 2.88 bits per heavy atom. The maximum absolute atomic E-state index is 12.2.